The summed E-state index contributed by atoms with van der Waals surface area (Å²) < 4.78 is 0. The van der Waals surface area contributed by atoms with Gasteiger partial charge in [-0.2, -0.15) is 0 Å². The van der Waals surface area contributed by atoms with Gasteiger partial charge >= 0.3 is 0 Å². The zero-order valence-corrected chi connectivity index (χ0v) is 12.7. The molecule has 2 fully saturated rings. The lowest BCUT2D eigenvalue weighted by atomic mass is 9.76. The Morgan fingerprint density at radius 3 is 2.76 bits per heavy atom. The predicted molar refractivity (Wildman–Crippen MR) is 83.0 cm³/mol. The Balaban J connectivity index is 1.72. The summed E-state index contributed by atoms with van der Waals surface area (Å²) in [7, 11) is 2.27. The van der Waals surface area contributed by atoms with Crippen molar-refractivity contribution >= 4 is 5.90 Å². The molecular formula is C17H23N3O. The minimum absolute atomic E-state index is 0.0702. The fourth-order valence-electron chi connectivity index (χ4n) is 4.39. The zero-order chi connectivity index (χ0) is 14.4. The largest absolute Gasteiger partial charge is 0.391 e. The quantitative estimate of drug-likeness (QED) is 0.907. The fourth-order valence-corrected chi connectivity index (χ4v) is 4.39. The molecule has 0 radical (unpaired) electrons. The second-order valence-electron chi connectivity index (χ2n) is 6.61. The van der Waals surface area contributed by atoms with Gasteiger partial charge in [0, 0.05) is 12.1 Å². The SMILES string of the molecule is C[C@@H]1N=C([C@@H]2[C@@H](c3ccccc3)C[C@@H]3CC[C@H]2N3C)ON1. The van der Waals surface area contributed by atoms with Crippen LogP contribution in [0.1, 0.15) is 37.7 Å². The summed E-state index contributed by atoms with van der Waals surface area (Å²) in [6.45, 7) is 2.04. The van der Waals surface area contributed by atoms with E-state index in [2.05, 4.69) is 47.8 Å². The van der Waals surface area contributed by atoms with Gasteiger partial charge in [-0.3, -0.25) is 4.90 Å². The third-order valence-corrected chi connectivity index (χ3v) is 5.44. The standard InChI is InChI=1S/C17H23N3O/c1-11-18-17(21-19-11)16-14(12-6-4-3-5-7-12)10-13-8-9-15(16)20(13)2/h3-7,11,13-16,19H,8-10H2,1-2H3/t11-,13+,14-,15-,16-/m1/s1. The highest BCUT2D eigenvalue weighted by Gasteiger charge is 2.49. The average molecular weight is 285 g/mol. The van der Waals surface area contributed by atoms with E-state index in [9.17, 15) is 0 Å². The van der Waals surface area contributed by atoms with Crippen LogP contribution in [0.3, 0.4) is 0 Å². The van der Waals surface area contributed by atoms with Crippen LogP contribution in [0.25, 0.3) is 0 Å². The van der Waals surface area contributed by atoms with Crippen LogP contribution >= 0.6 is 0 Å². The summed E-state index contributed by atoms with van der Waals surface area (Å²) in [4.78, 5) is 13.0. The van der Waals surface area contributed by atoms with Crippen molar-refractivity contribution in [2.45, 2.75) is 50.4 Å². The molecule has 5 atom stereocenters. The minimum atomic E-state index is 0.0702. The van der Waals surface area contributed by atoms with Crippen molar-refractivity contribution in [2.24, 2.45) is 10.9 Å². The van der Waals surface area contributed by atoms with Crippen LogP contribution in [0.5, 0.6) is 0 Å². The molecule has 21 heavy (non-hydrogen) atoms. The highest BCUT2D eigenvalue weighted by molar-refractivity contribution is 5.82. The van der Waals surface area contributed by atoms with Crippen molar-refractivity contribution in [1.29, 1.82) is 0 Å². The van der Waals surface area contributed by atoms with Crippen molar-refractivity contribution in [1.82, 2.24) is 10.4 Å². The minimum Gasteiger partial charge on any atom is -0.391 e. The van der Waals surface area contributed by atoms with Crippen LogP contribution in [0.2, 0.25) is 0 Å². The molecule has 112 valence electrons. The number of nitrogens with one attached hydrogen (secondary N) is 1. The molecule has 0 aliphatic carbocycles. The Morgan fingerprint density at radius 2 is 2.05 bits per heavy atom. The van der Waals surface area contributed by atoms with E-state index in [0.29, 0.717) is 23.9 Å². The molecule has 3 aliphatic heterocycles. The normalized spacial score (nSPS) is 39.1. The zero-order valence-electron chi connectivity index (χ0n) is 12.7. The van der Waals surface area contributed by atoms with Gasteiger partial charge in [0.1, 0.15) is 6.17 Å². The molecule has 4 nitrogen and oxygen atoms in total. The number of hydrogen-bond acceptors (Lipinski definition) is 4. The third-order valence-electron chi connectivity index (χ3n) is 5.44. The molecule has 2 bridgehead atoms. The summed E-state index contributed by atoms with van der Waals surface area (Å²) in [6, 6.07) is 12.2. The smallest absolute Gasteiger partial charge is 0.216 e. The van der Waals surface area contributed by atoms with Gasteiger partial charge in [-0.25, -0.2) is 4.99 Å². The summed E-state index contributed by atoms with van der Waals surface area (Å²) in [5.41, 5.74) is 4.42. The number of benzene rings is 1. The third kappa shape index (κ3) is 2.17. The average Bonchev–Trinajstić information content (AvgIpc) is 3.01. The van der Waals surface area contributed by atoms with Gasteiger partial charge in [-0.1, -0.05) is 30.3 Å². The maximum absolute atomic E-state index is 5.73. The molecule has 3 heterocycles. The molecule has 1 N–H and O–H groups in total. The molecule has 1 aromatic carbocycles. The van der Waals surface area contributed by atoms with Crippen molar-refractivity contribution in [3.8, 4) is 0 Å². The second kappa shape index (κ2) is 5.11. The topological polar surface area (TPSA) is 36.9 Å². The van der Waals surface area contributed by atoms with Crippen molar-refractivity contribution in [3.05, 3.63) is 35.9 Å². The lowest BCUT2D eigenvalue weighted by molar-refractivity contribution is 0.103. The molecule has 4 rings (SSSR count). The molecule has 0 saturated carbocycles. The van der Waals surface area contributed by atoms with Crippen LogP contribution in [0, 0.1) is 5.92 Å². The Labute approximate surface area is 126 Å². The molecule has 3 aliphatic rings. The van der Waals surface area contributed by atoms with Crippen molar-refractivity contribution in [2.75, 3.05) is 7.05 Å². The predicted octanol–water partition coefficient (Wildman–Crippen LogP) is 2.53. The lowest BCUT2D eigenvalue weighted by Crippen LogP contribution is -2.49. The van der Waals surface area contributed by atoms with E-state index in [0.717, 1.165) is 5.90 Å². The van der Waals surface area contributed by atoms with Crippen LogP contribution in [0.4, 0.5) is 0 Å². The summed E-state index contributed by atoms with van der Waals surface area (Å²) in [5.74, 6) is 1.80. The molecule has 0 unspecified atom stereocenters. The first-order valence-electron chi connectivity index (χ1n) is 8.01. The first-order valence-corrected chi connectivity index (χ1v) is 8.01. The molecular weight excluding hydrogens is 262 g/mol. The van der Waals surface area contributed by atoms with Crippen molar-refractivity contribution < 1.29 is 4.84 Å². The number of hydroxylamine groups is 1. The first kappa shape index (κ1) is 13.3. The van der Waals surface area contributed by atoms with Crippen LogP contribution in [-0.4, -0.2) is 36.1 Å². The Hall–Kier alpha value is -1.39. The van der Waals surface area contributed by atoms with Crippen LogP contribution in [0.15, 0.2) is 35.3 Å². The van der Waals surface area contributed by atoms with E-state index in [-0.39, 0.29) is 6.17 Å². The highest BCUT2D eigenvalue weighted by atomic mass is 16.7. The van der Waals surface area contributed by atoms with E-state index < -0.39 is 0 Å². The van der Waals surface area contributed by atoms with Gasteiger partial charge in [0.05, 0.1) is 5.92 Å². The van der Waals surface area contributed by atoms with E-state index in [1.807, 2.05) is 6.92 Å². The Kier molecular flexibility index (Phi) is 3.23. The van der Waals surface area contributed by atoms with Crippen LogP contribution < -0.4 is 5.48 Å². The highest BCUT2D eigenvalue weighted by Crippen LogP contribution is 2.47. The van der Waals surface area contributed by atoms with E-state index in [1.165, 1.54) is 24.8 Å². The molecule has 4 heteroatoms. The van der Waals surface area contributed by atoms with Gasteiger partial charge in [-0.15, -0.1) is 5.48 Å². The fraction of sp³-hybridized carbons (Fsp3) is 0.588. The Bertz CT molecular complexity index is 544. The van der Waals surface area contributed by atoms with Gasteiger partial charge < -0.3 is 4.84 Å². The van der Waals surface area contributed by atoms with Crippen molar-refractivity contribution in [3.63, 3.8) is 0 Å². The summed E-state index contributed by atoms with van der Waals surface area (Å²) >= 11 is 0. The van der Waals surface area contributed by atoms with Gasteiger partial charge in [0.15, 0.2) is 0 Å². The first-order chi connectivity index (χ1) is 10.2. The molecule has 1 aromatic rings. The molecule has 0 aromatic heterocycles. The number of hydrogen-bond donors (Lipinski definition) is 1. The second-order valence-corrected chi connectivity index (χ2v) is 6.61. The summed E-state index contributed by atoms with van der Waals surface area (Å²) in [6.07, 6.45) is 3.84. The van der Waals surface area contributed by atoms with E-state index in [1.54, 1.807) is 0 Å². The Morgan fingerprint density at radius 1 is 1.24 bits per heavy atom. The maximum Gasteiger partial charge on any atom is 0.216 e. The van der Waals surface area contributed by atoms with E-state index >= 15 is 0 Å². The monoisotopic (exact) mass is 285 g/mol. The molecule has 0 amide bonds. The number of piperidine rings is 1. The van der Waals surface area contributed by atoms with Gasteiger partial charge in [0.25, 0.3) is 0 Å². The number of aliphatic imine (C=N–C) groups is 1. The number of rotatable bonds is 2. The lowest BCUT2D eigenvalue weighted by Gasteiger charge is -2.42. The van der Waals surface area contributed by atoms with E-state index in [4.69, 9.17) is 9.83 Å². The number of nitrogens with zero attached hydrogens (tertiary/aromatic N) is 2. The number of fused-ring (bicyclic) bond motifs is 2. The molecule has 2 saturated heterocycles. The van der Waals surface area contributed by atoms with Gasteiger partial charge in [-0.05, 0) is 44.7 Å². The van der Waals surface area contributed by atoms with Crippen LogP contribution in [-0.2, 0) is 4.84 Å². The molecule has 0 spiro atoms. The van der Waals surface area contributed by atoms with Gasteiger partial charge in [0.2, 0.25) is 5.90 Å². The summed E-state index contributed by atoms with van der Waals surface area (Å²) in [5, 5.41) is 0. The maximum atomic E-state index is 5.73.